The molecule has 0 saturated heterocycles. The van der Waals surface area contributed by atoms with E-state index in [1.807, 2.05) is 0 Å². The maximum absolute atomic E-state index is 3.97. The summed E-state index contributed by atoms with van der Waals surface area (Å²) in [6.07, 6.45) is 5.64. The van der Waals surface area contributed by atoms with Crippen molar-refractivity contribution < 1.29 is 0 Å². The lowest BCUT2D eigenvalue weighted by molar-refractivity contribution is 0.167. The quantitative estimate of drug-likeness (QED) is 0.873. The molecule has 1 N–H and O–H groups in total. The first-order valence-corrected chi connectivity index (χ1v) is 6.74. The molecule has 1 aromatic heterocycles. The zero-order valence-electron chi connectivity index (χ0n) is 11.2. The summed E-state index contributed by atoms with van der Waals surface area (Å²) in [6, 6.07) is 7.41. The van der Waals surface area contributed by atoms with Crippen molar-refractivity contribution in [2.24, 2.45) is 0 Å². The lowest BCUT2D eigenvalue weighted by atomic mass is 9.75. The first-order chi connectivity index (χ1) is 8.69. The molecule has 0 amide bonds. The summed E-state index contributed by atoms with van der Waals surface area (Å²) in [6.45, 7) is 3.97. The smallest absolute Gasteiger partial charge is 0.0457 e. The Bertz CT molecular complexity index is 547. The third kappa shape index (κ3) is 1.85. The fourth-order valence-electron chi connectivity index (χ4n) is 2.95. The van der Waals surface area contributed by atoms with E-state index in [0.717, 1.165) is 18.4 Å². The predicted octanol–water partition coefficient (Wildman–Crippen LogP) is 3.35. The van der Waals surface area contributed by atoms with Crippen molar-refractivity contribution in [2.75, 3.05) is 14.1 Å². The van der Waals surface area contributed by atoms with E-state index in [9.17, 15) is 0 Å². The van der Waals surface area contributed by atoms with Crippen LogP contribution in [-0.4, -0.2) is 30.0 Å². The molecule has 0 atom stereocenters. The number of nitrogens with one attached hydrogen (secondary N) is 1. The molecule has 1 fully saturated rings. The van der Waals surface area contributed by atoms with Gasteiger partial charge >= 0.3 is 0 Å². The van der Waals surface area contributed by atoms with Crippen LogP contribution in [0.5, 0.6) is 0 Å². The van der Waals surface area contributed by atoms with Crippen molar-refractivity contribution in [1.29, 1.82) is 0 Å². The summed E-state index contributed by atoms with van der Waals surface area (Å²) in [5.74, 6) is 0.728. The molecule has 2 aromatic rings. The fourth-order valence-corrected chi connectivity index (χ4v) is 2.95. The van der Waals surface area contributed by atoms with Crippen molar-refractivity contribution in [2.45, 2.75) is 31.2 Å². The van der Waals surface area contributed by atoms with Crippen LogP contribution in [-0.2, 0) is 6.42 Å². The molecular formula is C16H21N2. The van der Waals surface area contributed by atoms with Gasteiger partial charge in [0.2, 0.25) is 0 Å². The van der Waals surface area contributed by atoms with E-state index in [1.54, 1.807) is 0 Å². The normalized spacial score (nSPS) is 23.6. The predicted molar refractivity (Wildman–Crippen MR) is 76.8 cm³/mol. The van der Waals surface area contributed by atoms with Crippen molar-refractivity contribution in [1.82, 2.24) is 9.88 Å². The lowest BCUT2D eigenvalue weighted by Gasteiger charge is -2.39. The number of rotatable bonds is 3. The molecule has 2 heteroatoms. The molecular weight excluding hydrogens is 220 g/mol. The number of aromatic nitrogens is 1. The molecule has 2 nitrogen and oxygen atoms in total. The molecule has 1 heterocycles. The topological polar surface area (TPSA) is 19.0 Å². The van der Waals surface area contributed by atoms with Gasteiger partial charge in [0.1, 0.15) is 0 Å². The Labute approximate surface area is 109 Å². The Hall–Kier alpha value is -1.28. The van der Waals surface area contributed by atoms with Crippen LogP contribution in [0.15, 0.2) is 24.4 Å². The highest BCUT2D eigenvalue weighted by Crippen LogP contribution is 2.41. The summed E-state index contributed by atoms with van der Waals surface area (Å²) in [4.78, 5) is 5.74. The van der Waals surface area contributed by atoms with Crippen LogP contribution < -0.4 is 0 Å². The Morgan fingerprint density at radius 3 is 2.78 bits per heavy atom. The molecule has 18 heavy (non-hydrogen) atoms. The van der Waals surface area contributed by atoms with Crippen LogP contribution in [0.25, 0.3) is 10.9 Å². The Morgan fingerprint density at radius 2 is 2.11 bits per heavy atom. The molecule has 1 aromatic carbocycles. The van der Waals surface area contributed by atoms with Gasteiger partial charge in [-0.15, -0.1) is 0 Å². The van der Waals surface area contributed by atoms with Gasteiger partial charge in [-0.1, -0.05) is 6.07 Å². The van der Waals surface area contributed by atoms with E-state index < -0.39 is 0 Å². The third-order valence-corrected chi connectivity index (χ3v) is 4.35. The largest absolute Gasteiger partial charge is 0.361 e. The van der Waals surface area contributed by atoms with Crippen LogP contribution in [0.4, 0.5) is 0 Å². The molecule has 0 bridgehead atoms. The standard InChI is InChI=1S/C16H21N2/c1-4-11-5-6-16-14(7-11)15(10-17-16)12-8-13(9-12)18(2)3/h5-7,10,12-13,17H,1,4,8-9H2,2-3H3. The minimum atomic E-state index is 0.728. The van der Waals surface area contributed by atoms with E-state index in [-0.39, 0.29) is 0 Å². The van der Waals surface area contributed by atoms with Crippen LogP contribution >= 0.6 is 0 Å². The average Bonchev–Trinajstić information content (AvgIpc) is 2.70. The van der Waals surface area contributed by atoms with E-state index >= 15 is 0 Å². The SMILES string of the molecule is [CH2]Cc1ccc2[nH]cc(C3CC(N(C)C)C3)c2c1. The van der Waals surface area contributed by atoms with Gasteiger partial charge in [-0.05, 0) is 69.5 Å². The summed E-state index contributed by atoms with van der Waals surface area (Å²) in [5.41, 5.74) is 4.08. The van der Waals surface area contributed by atoms with Crippen molar-refractivity contribution >= 4 is 10.9 Å². The Balaban J connectivity index is 1.89. The lowest BCUT2D eigenvalue weighted by Crippen LogP contribution is -2.39. The molecule has 1 aliphatic rings. The first-order valence-electron chi connectivity index (χ1n) is 6.74. The van der Waals surface area contributed by atoms with Crippen molar-refractivity contribution in [3.8, 4) is 0 Å². The first kappa shape index (κ1) is 11.8. The van der Waals surface area contributed by atoms with Crippen LogP contribution in [0.1, 0.15) is 29.9 Å². The van der Waals surface area contributed by atoms with Crippen LogP contribution in [0, 0.1) is 6.92 Å². The van der Waals surface area contributed by atoms with E-state index in [0.29, 0.717) is 0 Å². The highest BCUT2D eigenvalue weighted by molar-refractivity contribution is 5.84. The highest BCUT2D eigenvalue weighted by Gasteiger charge is 2.32. The zero-order valence-corrected chi connectivity index (χ0v) is 11.2. The number of H-pyrrole nitrogens is 1. The van der Waals surface area contributed by atoms with Gasteiger partial charge in [-0.25, -0.2) is 0 Å². The molecule has 1 radical (unpaired) electrons. The molecule has 1 saturated carbocycles. The number of hydrogen-bond donors (Lipinski definition) is 1. The average molecular weight is 241 g/mol. The van der Waals surface area contributed by atoms with Gasteiger partial charge in [0, 0.05) is 23.1 Å². The molecule has 95 valence electrons. The van der Waals surface area contributed by atoms with Crippen LogP contribution in [0.2, 0.25) is 0 Å². The Kier molecular flexibility index (Phi) is 2.90. The maximum Gasteiger partial charge on any atom is 0.0457 e. The highest BCUT2D eigenvalue weighted by atomic mass is 15.1. The second-order valence-electron chi connectivity index (χ2n) is 5.66. The second kappa shape index (κ2) is 4.43. The summed E-state index contributed by atoms with van der Waals surface area (Å²) < 4.78 is 0. The van der Waals surface area contributed by atoms with Gasteiger partial charge < -0.3 is 9.88 Å². The fraction of sp³-hybridized carbons (Fsp3) is 0.438. The van der Waals surface area contributed by atoms with Crippen molar-refractivity contribution in [3.63, 3.8) is 0 Å². The van der Waals surface area contributed by atoms with Gasteiger partial charge in [-0.3, -0.25) is 0 Å². The van der Waals surface area contributed by atoms with Crippen LogP contribution in [0.3, 0.4) is 0 Å². The van der Waals surface area contributed by atoms with Gasteiger partial charge in [0.25, 0.3) is 0 Å². The number of benzene rings is 1. The molecule has 1 aliphatic carbocycles. The summed E-state index contributed by atoms with van der Waals surface area (Å²) in [7, 11) is 4.36. The minimum absolute atomic E-state index is 0.728. The number of aromatic amines is 1. The summed E-state index contributed by atoms with van der Waals surface area (Å²) >= 11 is 0. The maximum atomic E-state index is 3.97. The van der Waals surface area contributed by atoms with Gasteiger partial charge in [-0.2, -0.15) is 0 Å². The number of fused-ring (bicyclic) bond motifs is 1. The summed E-state index contributed by atoms with van der Waals surface area (Å²) in [5, 5.41) is 1.40. The van der Waals surface area contributed by atoms with E-state index in [2.05, 4.69) is 55.3 Å². The Morgan fingerprint density at radius 1 is 1.33 bits per heavy atom. The molecule has 0 aliphatic heterocycles. The van der Waals surface area contributed by atoms with Crippen molar-refractivity contribution in [3.05, 3.63) is 42.4 Å². The number of nitrogens with zero attached hydrogens (tertiary/aromatic N) is 1. The molecule has 0 spiro atoms. The monoisotopic (exact) mass is 241 g/mol. The second-order valence-corrected chi connectivity index (χ2v) is 5.66. The zero-order chi connectivity index (χ0) is 12.7. The number of hydrogen-bond acceptors (Lipinski definition) is 1. The van der Waals surface area contributed by atoms with Gasteiger partial charge in [0.15, 0.2) is 0 Å². The van der Waals surface area contributed by atoms with Gasteiger partial charge in [0.05, 0.1) is 0 Å². The van der Waals surface area contributed by atoms with E-state index in [4.69, 9.17) is 0 Å². The third-order valence-electron chi connectivity index (χ3n) is 4.35. The minimum Gasteiger partial charge on any atom is -0.361 e. The van der Waals surface area contributed by atoms with E-state index in [1.165, 1.54) is 34.9 Å². The molecule has 0 unspecified atom stereocenters. The molecule has 3 rings (SSSR count).